The molecule has 24 nitrogen and oxygen atoms in total. The molecule has 6 amide bonds. The van der Waals surface area contributed by atoms with Crippen molar-refractivity contribution < 1.29 is 73.7 Å². The van der Waals surface area contributed by atoms with Crippen LogP contribution in [0.3, 0.4) is 0 Å². The Morgan fingerprint density at radius 3 is 1.67 bits per heavy atom. The Morgan fingerprint density at radius 1 is 0.615 bits per heavy atom. The number of carboxylic acids is 2. The van der Waals surface area contributed by atoms with E-state index in [4.69, 9.17) is 29.8 Å². The molecular formula is C54H97N9O15. The highest BCUT2D eigenvalue weighted by atomic mass is 16.5. The maximum absolute atomic E-state index is 13.3. The Balaban J connectivity index is 0.0000608. The van der Waals surface area contributed by atoms with Gasteiger partial charge in [0, 0.05) is 64.6 Å². The number of aromatic amines is 1. The van der Waals surface area contributed by atoms with Crippen LogP contribution in [-0.4, -0.2) is 170 Å². The first-order valence-electron chi connectivity index (χ1n) is 28.2. The molecule has 24 heteroatoms. The highest BCUT2D eigenvalue weighted by Gasteiger charge is 2.34. The lowest BCUT2D eigenvalue weighted by molar-refractivity contribution is -0.142. The lowest BCUT2D eigenvalue weighted by atomic mass is 9.87. The number of nitrogens with one attached hydrogen (secondary N) is 7. The second kappa shape index (κ2) is 45.3. The topological polar surface area (TPSA) is 358 Å². The van der Waals surface area contributed by atoms with E-state index in [-0.39, 0.29) is 136 Å². The Morgan fingerprint density at radius 2 is 1.14 bits per heavy atom. The largest absolute Gasteiger partial charge is 0.480 e. The van der Waals surface area contributed by atoms with Crippen LogP contribution in [0.25, 0.3) is 0 Å². The van der Waals surface area contributed by atoms with Crippen molar-refractivity contribution in [3.05, 3.63) is 18.2 Å². The lowest BCUT2D eigenvalue weighted by Gasteiger charge is -2.28. The maximum Gasteiger partial charge on any atom is 0.326 e. The van der Waals surface area contributed by atoms with Gasteiger partial charge in [0.2, 0.25) is 35.4 Å². The second-order valence-electron chi connectivity index (χ2n) is 20.0. The summed E-state index contributed by atoms with van der Waals surface area (Å²) in [4.78, 5) is 117. The van der Waals surface area contributed by atoms with E-state index in [0.717, 1.165) is 19.3 Å². The van der Waals surface area contributed by atoms with Gasteiger partial charge in [0.15, 0.2) is 5.78 Å². The van der Waals surface area contributed by atoms with Gasteiger partial charge in [-0.15, -0.1) is 0 Å². The molecule has 0 saturated heterocycles. The normalized spacial score (nSPS) is 12.5. The van der Waals surface area contributed by atoms with Crippen molar-refractivity contribution >= 4 is 53.2 Å². The molecular weight excluding hydrogens is 1010 g/mol. The molecule has 0 radical (unpaired) electrons. The number of ketones is 1. The summed E-state index contributed by atoms with van der Waals surface area (Å²) in [5.41, 5.74) is 5.28. The van der Waals surface area contributed by atoms with Gasteiger partial charge in [-0.05, 0) is 39.5 Å². The molecule has 0 bridgehead atoms. The fourth-order valence-electron chi connectivity index (χ4n) is 7.99. The minimum absolute atomic E-state index is 0. The van der Waals surface area contributed by atoms with E-state index < -0.39 is 59.6 Å². The van der Waals surface area contributed by atoms with Gasteiger partial charge < -0.3 is 71.8 Å². The van der Waals surface area contributed by atoms with Crippen LogP contribution in [0.4, 0.5) is 0 Å². The molecule has 1 rings (SSSR count). The maximum atomic E-state index is 13.3. The van der Waals surface area contributed by atoms with Gasteiger partial charge in [-0.1, -0.05) is 103 Å². The van der Waals surface area contributed by atoms with Crippen LogP contribution in [0, 0.1) is 5.92 Å². The number of H-pyrrole nitrogens is 1. The summed E-state index contributed by atoms with van der Waals surface area (Å²) in [6, 6.07) is -2.11. The van der Waals surface area contributed by atoms with Crippen LogP contribution in [0.2, 0.25) is 0 Å². The third kappa shape index (κ3) is 38.9. The number of amides is 6. The minimum Gasteiger partial charge on any atom is -0.480 e. The monoisotopic (exact) mass is 1110 g/mol. The fraction of sp³-hybridized carbons (Fsp3) is 0.778. The molecule has 0 aliphatic carbocycles. The summed E-state index contributed by atoms with van der Waals surface area (Å²) in [6.07, 6.45) is 22.4. The van der Waals surface area contributed by atoms with Crippen molar-refractivity contribution in [2.75, 3.05) is 79.0 Å². The number of hydrogen-bond donors (Lipinski definition) is 10. The number of imidazole rings is 1. The van der Waals surface area contributed by atoms with Gasteiger partial charge in [0.1, 0.15) is 25.8 Å². The van der Waals surface area contributed by atoms with Crippen molar-refractivity contribution in [2.24, 2.45) is 11.7 Å². The summed E-state index contributed by atoms with van der Waals surface area (Å²) in [5, 5.41) is 34.1. The zero-order valence-electron chi connectivity index (χ0n) is 46.9. The SMILES string of the molecule is CCCCCCCCCCCCCCCCCC(=O)N[C@@H](CCC(=O)NCCOCCOCC(=O)NCCOCCOCC(=O)NCCCC[C@H](CC(=O)C(C)(C)NC(=O)[C@@H](N)Cc1cnc[nH]1)C(=O)NCC(=O)O)C(=O)O.[HH]. The molecule has 1 aromatic rings. The molecule has 78 heavy (non-hydrogen) atoms. The third-order valence-electron chi connectivity index (χ3n) is 12.6. The number of carboxylic acid groups (broad SMARTS) is 2. The second-order valence-corrected chi connectivity index (χ2v) is 20.0. The smallest absolute Gasteiger partial charge is 0.326 e. The summed E-state index contributed by atoms with van der Waals surface area (Å²) in [6.45, 7) is 5.80. The molecule has 0 spiro atoms. The quantitative estimate of drug-likeness (QED) is 0.0418. The predicted molar refractivity (Wildman–Crippen MR) is 293 cm³/mol. The number of carbonyl (C=O) groups excluding carboxylic acids is 7. The first kappa shape index (κ1) is 70.5. The number of unbranched alkanes of at least 4 members (excludes halogenated alkanes) is 15. The van der Waals surface area contributed by atoms with Crippen molar-refractivity contribution in [1.29, 1.82) is 0 Å². The molecule has 0 aliphatic heterocycles. The average molecular weight is 1110 g/mol. The van der Waals surface area contributed by atoms with E-state index >= 15 is 0 Å². The highest BCUT2D eigenvalue weighted by molar-refractivity contribution is 5.96. The molecule has 1 heterocycles. The first-order chi connectivity index (χ1) is 37.4. The highest BCUT2D eigenvalue weighted by Crippen LogP contribution is 2.19. The average Bonchev–Trinajstić information content (AvgIpc) is 3.91. The van der Waals surface area contributed by atoms with Gasteiger partial charge in [-0.25, -0.2) is 9.78 Å². The Hall–Kier alpha value is -5.56. The summed E-state index contributed by atoms with van der Waals surface area (Å²) < 4.78 is 21.5. The number of aromatic nitrogens is 2. The molecule has 11 N–H and O–H groups in total. The Kier molecular flexibility index (Phi) is 40.9. The van der Waals surface area contributed by atoms with Crippen LogP contribution >= 0.6 is 0 Å². The van der Waals surface area contributed by atoms with Crippen LogP contribution < -0.4 is 37.6 Å². The van der Waals surface area contributed by atoms with E-state index in [0.29, 0.717) is 25.0 Å². The Labute approximate surface area is 462 Å². The van der Waals surface area contributed by atoms with E-state index in [2.05, 4.69) is 48.8 Å². The van der Waals surface area contributed by atoms with Crippen molar-refractivity contribution in [1.82, 2.24) is 41.9 Å². The number of carbonyl (C=O) groups is 9. The molecule has 0 fully saturated rings. The van der Waals surface area contributed by atoms with E-state index in [1.807, 2.05) is 0 Å². The third-order valence-corrected chi connectivity index (χ3v) is 12.6. The fourth-order valence-corrected chi connectivity index (χ4v) is 7.99. The molecule has 0 unspecified atom stereocenters. The van der Waals surface area contributed by atoms with Crippen LogP contribution in [0.1, 0.15) is 169 Å². The van der Waals surface area contributed by atoms with E-state index in [1.54, 1.807) is 0 Å². The zero-order valence-corrected chi connectivity index (χ0v) is 46.9. The van der Waals surface area contributed by atoms with E-state index in [9.17, 15) is 48.3 Å². The number of ether oxygens (including phenoxy) is 4. The van der Waals surface area contributed by atoms with Crippen LogP contribution in [0.15, 0.2) is 12.5 Å². The number of aliphatic carboxylic acids is 2. The van der Waals surface area contributed by atoms with Crippen molar-refractivity contribution in [3.8, 4) is 0 Å². The number of nitrogens with zero attached hydrogens (tertiary/aromatic N) is 1. The first-order valence-corrected chi connectivity index (χ1v) is 28.2. The Bertz CT molecular complexity index is 1860. The molecule has 448 valence electrons. The minimum atomic E-state index is -1.37. The van der Waals surface area contributed by atoms with Crippen LogP contribution in [-0.2, 0) is 68.5 Å². The molecule has 3 atom stereocenters. The number of nitrogens with two attached hydrogens (primary N) is 1. The summed E-state index contributed by atoms with van der Waals surface area (Å²) >= 11 is 0. The molecule has 0 aromatic carbocycles. The number of rotatable bonds is 52. The lowest BCUT2D eigenvalue weighted by Crippen LogP contribution is -2.55. The zero-order chi connectivity index (χ0) is 57.7. The molecule has 1 aromatic heterocycles. The standard InChI is InChI=1S/C54H95N9O15.H2/c1-4-5-6-7-8-9-10-11-12-13-14-15-16-17-18-22-47(66)62-44(53(73)74)23-24-46(65)58-26-28-75-30-33-78-39-49(68)59-27-29-76-31-32-77-38-48(67)57-25-20-19-21-41(51(71)60-37-50(69)70)34-45(64)54(2,3)63-52(72)43(55)35-42-36-56-40-61-42;/h36,40-41,43-44H,4-35,37-39,55H2,1-3H3,(H,56,61)(H,57,67)(H,58,65)(H,59,68)(H,60,71)(H,62,66)(H,63,72)(H,69,70)(H,73,74);1H/t41-,43+,44+;/m1./s1. The van der Waals surface area contributed by atoms with Crippen LogP contribution in [0.5, 0.6) is 0 Å². The van der Waals surface area contributed by atoms with Crippen molar-refractivity contribution in [3.63, 3.8) is 0 Å². The number of hydrogen-bond acceptors (Lipinski definition) is 15. The van der Waals surface area contributed by atoms with Gasteiger partial charge in [0.25, 0.3) is 0 Å². The van der Waals surface area contributed by atoms with Gasteiger partial charge >= 0.3 is 11.9 Å². The predicted octanol–water partition coefficient (Wildman–Crippen LogP) is 3.39. The van der Waals surface area contributed by atoms with Gasteiger partial charge in [0.05, 0.1) is 57.5 Å². The summed E-state index contributed by atoms with van der Waals surface area (Å²) in [7, 11) is 0. The van der Waals surface area contributed by atoms with E-state index in [1.165, 1.54) is 97.0 Å². The van der Waals surface area contributed by atoms with Gasteiger partial charge in [-0.3, -0.25) is 38.4 Å². The van der Waals surface area contributed by atoms with Crippen molar-refractivity contribution in [2.45, 2.75) is 186 Å². The van der Waals surface area contributed by atoms with Gasteiger partial charge in [-0.2, -0.15) is 0 Å². The summed E-state index contributed by atoms with van der Waals surface area (Å²) in [5.74, 6) is -6.38. The molecule has 0 aliphatic rings. The number of Topliss-reactive ketones (excluding diaryl/α,β-unsaturated/α-hetero) is 1. The molecule has 0 saturated carbocycles.